The summed E-state index contributed by atoms with van der Waals surface area (Å²) in [6, 6.07) is 0. The zero-order valence-corrected chi connectivity index (χ0v) is 17.7. The van der Waals surface area contributed by atoms with Gasteiger partial charge in [0.15, 0.2) is 0 Å². The van der Waals surface area contributed by atoms with Crippen LogP contribution in [0.4, 0.5) is 0 Å². The van der Waals surface area contributed by atoms with Gasteiger partial charge in [-0.1, -0.05) is 76.4 Å². The molecule has 160 valence electrons. The van der Waals surface area contributed by atoms with Crippen molar-refractivity contribution in [1.29, 1.82) is 0 Å². The number of carbonyl (C=O) groups is 2. The van der Waals surface area contributed by atoms with Gasteiger partial charge in [0.1, 0.15) is 0 Å². The fourth-order valence-electron chi connectivity index (χ4n) is 3.30. The highest BCUT2D eigenvalue weighted by molar-refractivity contribution is 5.82. The van der Waals surface area contributed by atoms with Crippen molar-refractivity contribution in [3.8, 4) is 0 Å². The molecule has 0 aromatic rings. The Labute approximate surface area is 171 Å². The number of rotatable bonds is 0. The molecular formula is C24H40O4. The first-order valence-corrected chi connectivity index (χ1v) is 11.5. The second-order valence-electron chi connectivity index (χ2n) is 7.67. The van der Waals surface area contributed by atoms with Crippen molar-refractivity contribution in [2.24, 2.45) is 0 Å². The second-order valence-corrected chi connectivity index (χ2v) is 7.67. The van der Waals surface area contributed by atoms with Gasteiger partial charge in [0.2, 0.25) is 0 Å². The molecule has 0 bridgehead atoms. The Morgan fingerprint density at radius 1 is 0.464 bits per heavy atom. The molecule has 1 aliphatic heterocycles. The quantitative estimate of drug-likeness (QED) is 0.445. The van der Waals surface area contributed by atoms with Crippen molar-refractivity contribution in [3.63, 3.8) is 0 Å². The monoisotopic (exact) mass is 392 g/mol. The summed E-state index contributed by atoms with van der Waals surface area (Å²) in [4.78, 5) is 23.2. The van der Waals surface area contributed by atoms with E-state index in [1.165, 1.54) is 38.5 Å². The van der Waals surface area contributed by atoms with Gasteiger partial charge in [-0.05, 0) is 38.5 Å². The number of hydrogen-bond acceptors (Lipinski definition) is 4. The van der Waals surface area contributed by atoms with Crippen LogP contribution in [0.1, 0.15) is 103 Å². The molecule has 0 amide bonds. The van der Waals surface area contributed by atoms with Crippen LogP contribution in [0.5, 0.6) is 0 Å². The molecule has 0 aliphatic carbocycles. The van der Waals surface area contributed by atoms with E-state index in [2.05, 4.69) is 0 Å². The maximum absolute atomic E-state index is 11.6. The highest BCUT2D eigenvalue weighted by Crippen LogP contribution is 2.11. The van der Waals surface area contributed by atoms with E-state index in [0.717, 1.165) is 64.2 Å². The molecule has 4 heteroatoms. The van der Waals surface area contributed by atoms with Gasteiger partial charge in [-0.3, -0.25) is 0 Å². The van der Waals surface area contributed by atoms with Crippen molar-refractivity contribution in [3.05, 3.63) is 24.3 Å². The number of carbonyl (C=O) groups excluding carboxylic acids is 2. The van der Waals surface area contributed by atoms with E-state index in [-0.39, 0.29) is 11.9 Å². The summed E-state index contributed by atoms with van der Waals surface area (Å²) in [6.45, 7) is 1.01. The van der Waals surface area contributed by atoms with Gasteiger partial charge in [-0.25, -0.2) is 9.59 Å². The molecule has 0 aromatic carbocycles. The molecule has 0 radical (unpaired) electrons. The standard InChI is InChI=1S/C24H40O4/c25-23-19-15-11-7-5-3-1-2-4-6-8-12-16-20-24(26)28-22-18-14-10-9-13-17-21-27-23/h15-16,19-20H,1-14,17-18,21-22H2. The average Bonchev–Trinajstić information content (AvgIpc) is 2.69. The van der Waals surface area contributed by atoms with Crippen LogP contribution in [0.3, 0.4) is 0 Å². The summed E-state index contributed by atoms with van der Waals surface area (Å²) in [5, 5.41) is 0. The number of allylic oxidation sites excluding steroid dienone is 2. The van der Waals surface area contributed by atoms with Gasteiger partial charge in [-0.2, -0.15) is 0 Å². The first-order chi connectivity index (χ1) is 13.8. The van der Waals surface area contributed by atoms with Gasteiger partial charge in [0.25, 0.3) is 0 Å². The van der Waals surface area contributed by atoms with E-state index < -0.39 is 0 Å². The second kappa shape index (κ2) is 18.8. The van der Waals surface area contributed by atoms with Crippen molar-refractivity contribution in [1.82, 2.24) is 0 Å². The third-order valence-corrected chi connectivity index (χ3v) is 5.03. The molecule has 0 saturated carbocycles. The minimum absolute atomic E-state index is 0.211. The predicted molar refractivity (Wildman–Crippen MR) is 114 cm³/mol. The molecule has 1 heterocycles. The molecule has 0 atom stereocenters. The minimum Gasteiger partial charge on any atom is -0.463 e. The number of hydrogen-bond donors (Lipinski definition) is 0. The predicted octanol–water partition coefficient (Wildman–Crippen LogP) is 6.44. The lowest BCUT2D eigenvalue weighted by Crippen LogP contribution is -2.03. The van der Waals surface area contributed by atoms with Crippen molar-refractivity contribution >= 4 is 11.9 Å². The van der Waals surface area contributed by atoms with Crippen molar-refractivity contribution in [2.75, 3.05) is 13.2 Å². The Morgan fingerprint density at radius 2 is 0.786 bits per heavy atom. The lowest BCUT2D eigenvalue weighted by Gasteiger charge is -2.04. The molecule has 0 unspecified atom stereocenters. The van der Waals surface area contributed by atoms with Gasteiger partial charge in [-0.15, -0.1) is 0 Å². The summed E-state index contributed by atoms with van der Waals surface area (Å²) < 4.78 is 10.4. The van der Waals surface area contributed by atoms with Crippen LogP contribution in [0.25, 0.3) is 0 Å². The molecule has 0 aromatic heterocycles. The molecule has 28 heavy (non-hydrogen) atoms. The molecule has 0 N–H and O–H groups in total. The molecule has 0 spiro atoms. The van der Waals surface area contributed by atoms with Gasteiger partial charge in [0.05, 0.1) is 13.2 Å². The van der Waals surface area contributed by atoms with Crippen molar-refractivity contribution < 1.29 is 19.1 Å². The van der Waals surface area contributed by atoms with E-state index in [0.29, 0.717) is 13.2 Å². The zero-order chi connectivity index (χ0) is 20.1. The number of esters is 2. The van der Waals surface area contributed by atoms with Crippen LogP contribution in [0, 0.1) is 0 Å². The van der Waals surface area contributed by atoms with Crippen LogP contribution in [-0.4, -0.2) is 25.2 Å². The lowest BCUT2D eigenvalue weighted by molar-refractivity contribution is -0.138. The Kier molecular flexibility index (Phi) is 16.4. The molecule has 1 rings (SSSR count). The topological polar surface area (TPSA) is 52.6 Å². The molecule has 1 aliphatic rings. The van der Waals surface area contributed by atoms with E-state index in [4.69, 9.17) is 9.47 Å². The summed E-state index contributed by atoms with van der Waals surface area (Å²) in [5.74, 6) is -0.422. The van der Waals surface area contributed by atoms with E-state index in [1.807, 2.05) is 12.2 Å². The summed E-state index contributed by atoms with van der Waals surface area (Å²) in [7, 11) is 0. The number of ether oxygens (including phenoxy) is 2. The number of cyclic esters (lactones) is 2. The van der Waals surface area contributed by atoms with E-state index in [1.54, 1.807) is 12.2 Å². The van der Waals surface area contributed by atoms with E-state index in [9.17, 15) is 9.59 Å². The first kappa shape index (κ1) is 24.5. The summed E-state index contributed by atoms with van der Waals surface area (Å²) in [6.07, 6.45) is 25.1. The summed E-state index contributed by atoms with van der Waals surface area (Å²) >= 11 is 0. The first-order valence-electron chi connectivity index (χ1n) is 11.5. The summed E-state index contributed by atoms with van der Waals surface area (Å²) in [5.41, 5.74) is 0. The molecular weight excluding hydrogens is 352 g/mol. The maximum Gasteiger partial charge on any atom is 0.330 e. The third kappa shape index (κ3) is 16.6. The maximum atomic E-state index is 11.6. The normalized spacial score (nSPS) is 21.6. The Bertz CT molecular complexity index is 412. The molecule has 0 saturated heterocycles. The molecule has 0 fully saturated rings. The van der Waals surface area contributed by atoms with Crippen LogP contribution in [0.2, 0.25) is 0 Å². The highest BCUT2D eigenvalue weighted by Gasteiger charge is 1.99. The lowest BCUT2D eigenvalue weighted by atomic mass is 10.1. The SMILES string of the molecule is O=C1C=CCCCCCCCCCCC=CC(=O)OCCCCCCCCO1. The van der Waals surface area contributed by atoms with Gasteiger partial charge >= 0.3 is 11.9 Å². The van der Waals surface area contributed by atoms with Crippen LogP contribution in [-0.2, 0) is 19.1 Å². The largest absolute Gasteiger partial charge is 0.463 e. The smallest absolute Gasteiger partial charge is 0.330 e. The fourth-order valence-corrected chi connectivity index (χ4v) is 3.30. The van der Waals surface area contributed by atoms with Crippen LogP contribution >= 0.6 is 0 Å². The Balaban J connectivity index is 2.22. The van der Waals surface area contributed by atoms with Gasteiger partial charge < -0.3 is 9.47 Å². The van der Waals surface area contributed by atoms with Crippen LogP contribution in [0.15, 0.2) is 24.3 Å². The zero-order valence-electron chi connectivity index (χ0n) is 17.7. The molecule has 4 nitrogen and oxygen atoms in total. The highest BCUT2D eigenvalue weighted by atomic mass is 16.5. The van der Waals surface area contributed by atoms with Gasteiger partial charge in [0, 0.05) is 12.2 Å². The third-order valence-electron chi connectivity index (χ3n) is 5.03. The average molecular weight is 393 g/mol. The minimum atomic E-state index is -0.211. The fraction of sp³-hybridized carbons (Fsp3) is 0.750. The Morgan fingerprint density at radius 3 is 1.18 bits per heavy atom. The van der Waals surface area contributed by atoms with E-state index >= 15 is 0 Å². The van der Waals surface area contributed by atoms with Crippen molar-refractivity contribution in [2.45, 2.75) is 103 Å². The Hall–Kier alpha value is -1.58. The van der Waals surface area contributed by atoms with Crippen LogP contribution < -0.4 is 0 Å².